The highest BCUT2D eigenvalue weighted by molar-refractivity contribution is 5.90. The molecule has 0 aliphatic carbocycles. The van der Waals surface area contributed by atoms with Crippen LogP contribution in [0.4, 0.5) is 0 Å². The van der Waals surface area contributed by atoms with E-state index in [0.29, 0.717) is 18.9 Å². The van der Waals surface area contributed by atoms with Crippen LogP contribution < -0.4 is 15.4 Å². The van der Waals surface area contributed by atoms with Gasteiger partial charge < -0.3 is 15.4 Å². The minimum atomic E-state index is 0.147. The Labute approximate surface area is 170 Å². The van der Waals surface area contributed by atoms with Gasteiger partial charge in [-0.3, -0.25) is 9.78 Å². The standard InChI is InChI=1S/C24H25N3O2/c28-24-10-16(14-27-24)6-9-29-23-13-19(12-22-21(23)2-1-7-26-22)18-4-3-17-5-8-25-15-20(17)11-18/h1-4,7,11-13,16,25H,5-6,8-10,14-15H2,(H,27,28)/t16-/m1/s1. The van der Waals surface area contributed by atoms with Crippen LogP contribution in [-0.4, -0.2) is 30.6 Å². The lowest BCUT2D eigenvalue weighted by Gasteiger charge is -2.18. The lowest BCUT2D eigenvalue weighted by Crippen LogP contribution is -2.23. The Morgan fingerprint density at radius 1 is 1.10 bits per heavy atom. The van der Waals surface area contributed by atoms with E-state index >= 15 is 0 Å². The van der Waals surface area contributed by atoms with Crippen molar-refractivity contribution < 1.29 is 9.53 Å². The number of benzene rings is 2. The fraction of sp³-hybridized carbons (Fsp3) is 0.333. The summed E-state index contributed by atoms with van der Waals surface area (Å²) < 4.78 is 6.20. The van der Waals surface area contributed by atoms with Crippen LogP contribution in [0.3, 0.4) is 0 Å². The van der Waals surface area contributed by atoms with E-state index in [-0.39, 0.29) is 5.91 Å². The van der Waals surface area contributed by atoms with Gasteiger partial charge in [0.2, 0.25) is 5.91 Å². The minimum absolute atomic E-state index is 0.147. The van der Waals surface area contributed by atoms with Crippen LogP contribution in [0, 0.1) is 5.92 Å². The van der Waals surface area contributed by atoms with E-state index < -0.39 is 0 Å². The van der Waals surface area contributed by atoms with Gasteiger partial charge in [-0.25, -0.2) is 0 Å². The summed E-state index contributed by atoms with van der Waals surface area (Å²) in [6.07, 6.45) is 4.38. The van der Waals surface area contributed by atoms with Crippen LogP contribution in [-0.2, 0) is 17.8 Å². The Morgan fingerprint density at radius 3 is 2.97 bits per heavy atom. The number of ether oxygens (including phenoxy) is 1. The summed E-state index contributed by atoms with van der Waals surface area (Å²) in [6, 6.07) is 15.0. The highest BCUT2D eigenvalue weighted by Gasteiger charge is 2.21. The molecule has 148 valence electrons. The van der Waals surface area contributed by atoms with E-state index in [2.05, 4.69) is 52.0 Å². The maximum atomic E-state index is 11.4. The highest BCUT2D eigenvalue weighted by Crippen LogP contribution is 2.33. The zero-order chi connectivity index (χ0) is 19.6. The Kier molecular flexibility index (Phi) is 4.90. The third kappa shape index (κ3) is 3.83. The van der Waals surface area contributed by atoms with Crippen molar-refractivity contribution in [3.63, 3.8) is 0 Å². The Bertz CT molecular complexity index is 1060. The number of aromatic nitrogens is 1. The monoisotopic (exact) mass is 387 g/mol. The normalized spacial score (nSPS) is 18.5. The lowest BCUT2D eigenvalue weighted by molar-refractivity contribution is -0.119. The number of carbonyl (C=O) groups is 1. The number of rotatable bonds is 5. The molecule has 1 atom stereocenters. The molecule has 29 heavy (non-hydrogen) atoms. The molecule has 0 unspecified atom stereocenters. The fourth-order valence-corrected chi connectivity index (χ4v) is 4.30. The number of pyridine rings is 1. The van der Waals surface area contributed by atoms with Crippen LogP contribution in [0.2, 0.25) is 0 Å². The van der Waals surface area contributed by atoms with E-state index in [1.807, 2.05) is 12.3 Å². The van der Waals surface area contributed by atoms with Gasteiger partial charge in [0, 0.05) is 31.1 Å². The second-order valence-corrected chi connectivity index (χ2v) is 7.97. The molecule has 5 rings (SSSR count). The second kappa shape index (κ2) is 7.84. The molecule has 2 aliphatic heterocycles. The first kappa shape index (κ1) is 18.1. The highest BCUT2D eigenvalue weighted by atomic mass is 16.5. The Balaban J connectivity index is 1.43. The average molecular weight is 387 g/mol. The molecule has 0 bridgehead atoms. The Hall–Kier alpha value is -2.92. The van der Waals surface area contributed by atoms with Crippen molar-refractivity contribution >= 4 is 16.8 Å². The molecule has 1 fully saturated rings. The van der Waals surface area contributed by atoms with Crippen molar-refractivity contribution in [1.29, 1.82) is 0 Å². The lowest BCUT2D eigenvalue weighted by atomic mass is 9.95. The molecular weight excluding hydrogens is 362 g/mol. The SMILES string of the molecule is O=C1C[C@@H](CCOc2cc(-c3ccc4c(c3)CNCC4)cc3ncccc23)CN1. The Morgan fingerprint density at radius 2 is 2.07 bits per heavy atom. The van der Waals surface area contributed by atoms with Gasteiger partial charge in [-0.15, -0.1) is 0 Å². The van der Waals surface area contributed by atoms with Crippen LogP contribution in [0.15, 0.2) is 48.7 Å². The van der Waals surface area contributed by atoms with Crippen molar-refractivity contribution in [1.82, 2.24) is 15.6 Å². The predicted octanol–water partition coefficient (Wildman–Crippen LogP) is 3.45. The van der Waals surface area contributed by atoms with E-state index in [9.17, 15) is 4.79 Å². The van der Waals surface area contributed by atoms with Crippen molar-refractivity contribution in [3.05, 3.63) is 59.8 Å². The van der Waals surface area contributed by atoms with E-state index in [0.717, 1.165) is 54.7 Å². The average Bonchev–Trinajstić information content (AvgIpc) is 3.18. The minimum Gasteiger partial charge on any atom is -0.493 e. The summed E-state index contributed by atoms with van der Waals surface area (Å²) in [5, 5.41) is 7.37. The van der Waals surface area contributed by atoms with Crippen molar-refractivity contribution in [2.24, 2.45) is 5.92 Å². The van der Waals surface area contributed by atoms with Crippen molar-refractivity contribution in [2.75, 3.05) is 19.7 Å². The maximum absolute atomic E-state index is 11.4. The molecule has 1 saturated heterocycles. The number of nitrogens with zero attached hydrogens (tertiary/aromatic N) is 1. The molecule has 0 saturated carbocycles. The topological polar surface area (TPSA) is 63.2 Å². The van der Waals surface area contributed by atoms with Gasteiger partial charge in [0.15, 0.2) is 0 Å². The summed E-state index contributed by atoms with van der Waals surface area (Å²) in [6.45, 7) is 3.33. The zero-order valence-electron chi connectivity index (χ0n) is 16.4. The third-order valence-electron chi connectivity index (χ3n) is 5.95. The van der Waals surface area contributed by atoms with Gasteiger partial charge in [0.25, 0.3) is 0 Å². The van der Waals surface area contributed by atoms with E-state index in [1.165, 1.54) is 16.7 Å². The third-order valence-corrected chi connectivity index (χ3v) is 5.95. The van der Waals surface area contributed by atoms with Crippen molar-refractivity contribution in [3.8, 4) is 16.9 Å². The first-order valence-corrected chi connectivity index (χ1v) is 10.4. The fourth-order valence-electron chi connectivity index (χ4n) is 4.30. The summed E-state index contributed by atoms with van der Waals surface area (Å²) in [7, 11) is 0. The molecule has 2 aromatic carbocycles. The number of amides is 1. The number of hydrogen-bond acceptors (Lipinski definition) is 4. The number of hydrogen-bond donors (Lipinski definition) is 2. The van der Waals surface area contributed by atoms with Crippen LogP contribution in [0.5, 0.6) is 5.75 Å². The number of nitrogens with one attached hydrogen (secondary N) is 2. The zero-order valence-corrected chi connectivity index (χ0v) is 16.4. The molecule has 5 heteroatoms. The molecule has 5 nitrogen and oxygen atoms in total. The van der Waals surface area contributed by atoms with E-state index in [1.54, 1.807) is 0 Å². The summed E-state index contributed by atoms with van der Waals surface area (Å²) in [5.74, 6) is 1.37. The smallest absolute Gasteiger partial charge is 0.220 e. The predicted molar refractivity (Wildman–Crippen MR) is 114 cm³/mol. The first-order valence-electron chi connectivity index (χ1n) is 10.4. The van der Waals surface area contributed by atoms with E-state index in [4.69, 9.17) is 4.74 Å². The van der Waals surface area contributed by atoms with Gasteiger partial charge >= 0.3 is 0 Å². The van der Waals surface area contributed by atoms with Crippen LogP contribution in [0.1, 0.15) is 24.0 Å². The summed E-state index contributed by atoms with van der Waals surface area (Å²) in [4.78, 5) is 16.0. The van der Waals surface area contributed by atoms with Gasteiger partial charge in [0.1, 0.15) is 5.75 Å². The molecule has 2 aliphatic rings. The largest absolute Gasteiger partial charge is 0.493 e. The van der Waals surface area contributed by atoms with Crippen LogP contribution >= 0.6 is 0 Å². The van der Waals surface area contributed by atoms with Gasteiger partial charge in [-0.1, -0.05) is 12.1 Å². The number of fused-ring (bicyclic) bond motifs is 2. The summed E-state index contributed by atoms with van der Waals surface area (Å²) in [5.41, 5.74) is 6.06. The molecule has 3 heterocycles. The first-order chi connectivity index (χ1) is 14.3. The molecule has 1 aromatic heterocycles. The maximum Gasteiger partial charge on any atom is 0.220 e. The number of carbonyl (C=O) groups excluding carboxylic acids is 1. The van der Waals surface area contributed by atoms with Crippen LogP contribution in [0.25, 0.3) is 22.0 Å². The van der Waals surface area contributed by atoms with Gasteiger partial charge in [-0.05, 0) is 77.9 Å². The summed E-state index contributed by atoms with van der Waals surface area (Å²) >= 11 is 0. The quantitative estimate of drug-likeness (QED) is 0.704. The molecule has 2 N–H and O–H groups in total. The molecular formula is C24H25N3O2. The molecule has 0 radical (unpaired) electrons. The van der Waals surface area contributed by atoms with Crippen molar-refractivity contribution in [2.45, 2.75) is 25.8 Å². The molecule has 0 spiro atoms. The molecule has 1 amide bonds. The molecule has 3 aromatic rings. The second-order valence-electron chi connectivity index (χ2n) is 7.97. The van der Waals surface area contributed by atoms with Gasteiger partial charge in [-0.2, -0.15) is 0 Å². The van der Waals surface area contributed by atoms with Gasteiger partial charge in [0.05, 0.1) is 12.1 Å².